The van der Waals surface area contributed by atoms with Crippen LogP contribution >= 0.6 is 11.6 Å². The summed E-state index contributed by atoms with van der Waals surface area (Å²) in [6, 6.07) is 12.1. The smallest absolute Gasteiger partial charge is 0.123 e. The molecule has 1 atom stereocenters. The van der Waals surface area contributed by atoms with Gasteiger partial charge in [0.2, 0.25) is 0 Å². The fourth-order valence-corrected chi connectivity index (χ4v) is 2.32. The molecule has 100 valence electrons. The van der Waals surface area contributed by atoms with Gasteiger partial charge in [-0.05, 0) is 48.2 Å². The van der Waals surface area contributed by atoms with E-state index in [1.54, 1.807) is 12.1 Å². The van der Waals surface area contributed by atoms with E-state index in [0.717, 1.165) is 21.7 Å². The van der Waals surface area contributed by atoms with E-state index < -0.39 is 0 Å². The number of aryl methyl sites for hydroxylation is 1. The molecule has 0 spiro atoms. The van der Waals surface area contributed by atoms with Crippen molar-refractivity contribution in [1.29, 1.82) is 0 Å². The van der Waals surface area contributed by atoms with Gasteiger partial charge in [0.1, 0.15) is 5.82 Å². The maximum absolute atomic E-state index is 12.9. The van der Waals surface area contributed by atoms with Crippen molar-refractivity contribution in [3.63, 3.8) is 0 Å². The summed E-state index contributed by atoms with van der Waals surface area (Å²) < 4.78 is 12.9. The van der Waals surface area contributed by atoms with Gasteiger partial charge in [-0.2, -0.15) is 0 Å². The molecule has 0 bridgehead atoms. The lowest BCUT2D eigenvalue weighted by Gasteiger charge is -2.17. The van der Waals surface area contributed by atoms with Gasteiger partial charge >= 0.3 is 0 Å². The Bertz CT molecular complexity index is 555. The van der Waals surface area contributed by atoms with E-state index in [9.17, 15) is 4.39 Å². The molecular formula is C15H16ClFN2. The lowest BCUT2D eigenvalue weighted by molar-refractivity contribution is 0.549. The van der Waals surface area contributed by atoms with Crippen LogP contribution in [0.3, 0.4) is 0 Å². The maximum atomic E-state index is 12.9. The van der Waals surface area contributed by atoms with Gasteiger partial charge in [-0.1, -0.05) is 35.9 Å². The second-order valence-corrected chi connectivity index (χ2v) is 4.98. The summed E-state index contributed by atoms with van der Waals surface area (Å²) in [4.78, 5) is 0. The molecular weight excluding hydrogens is 263 g/mol. The van der Waals surface area contributed by atoms with Gasteiger partial charge in [0, 0.05) is 5.02 Å². The number of nitrogens with one attached hydrogen (secondary N) is 1. The van der Waals surface area contributed by atoms with Gasteiger partial charge in [0.05, 0.1) is 6.04 Å². The van der Waals surface area contributed by atoms with Crippen molar-refractivity contribution in [3.05, 3.63) is 70.0 Å². The molecule has 2 aromatic rings. The Hall–Kier alpha value is -1.42. The fourth-order valence-electron chi connectivity index (χ4n) is 2.01. The van der Waals surface area contributed by atoms with E-state index in [2.05, 4.69) is 5.43 Å². The lowest BCUT2D eigenvalue weighted by Crippen LogP contribution is -2.29. The molecule has 0 aromatic heterocycles. The van der Waals surface area contributed by atoms with Crippen LogP contribution < -0.4 is 11.3 Å². The Morgan fingerprint density at radius 3 is 2.47 bits per heavy atom. The zero-order chi connectivity index (χ0) is 13.8. The summed E-state index contributed by atoms with van der Waals surface area (Å²) in [5, 5.41) is 0.724. The minimum atomic E-state index is -0.257. The highest BCUT2D eigenvalue weighted by Crippen LogP contribution is 2.24. The fraction of sp³-hybridized carbons (Fsp3) is 0.200. The average molecular weight is 279 g/mol. The summed E-state index contributed by atoms with van der Waals surface area (Å²) in [5.41, 5.74) is 5.81. The Labute approximate surface area is 117 Å². The zero-order valence-electron chi connectivity index (χ0n) is 10.7. The first-order valence-electron chi connectivity index (χ1n) is 6.07. The molecule has 19 heavy (non-hydrogen) atoms. The molecule has 0 aliphatic heterocycles. The monoisotopic (exact) mass is 278 g/mol. The third-order valence-electron chi connectivity index (χ3n) is 3.11. The number of hydrogen-bond donors (Lipinski definition) is 2. The van der Waals surface area contributed by atoms with Gasteiger partial charge in [0.15, 0.2) is 0 Å². The van der Waals surface area contributed by atoms with Crippen LogP contribution in [0.2, 0.25) is 5.02 Å². The number of nitrogens with two attached hydrogens (primary N) is 1. The Balaban J connectivity index is 2.21. The number of rotatable bonds is 4. The summed E-state index contributed by atoms with van der Waals surface area (Å²) in [6.07, 6.45) is 0.654. The Morgan fingerprint density at radius 2 is 1.89 bits per heavy atom. The highest BCUT2D eigenvalue weighted by atomic mass is 35.5. The minimum absolute atomic E-state index is 0.0965. The predicted octanol–water partition coefficient (Wildman–Crippen LogP) is 3.53. The standard InChI is InChI=1S/C15H16ClFN2/c1-10-2-3-12(14(16)8-10)9-15(19-18)11-4-6-13(17)7-5-11/h2-8,15,19H,9,18H2,1H3. The van der Waals surface area contributed by atoms with Crippen LogP contribution in [0.4, 0.5) is 4.39 Å². The van der Waals surface area contributed by atoms with Crippen LogP contribution in [0.15, 0.2) is 42.5 Å². The number of benzene rings is 2. The Kier molecular flexibility index (Phi) is 4.53. The second-order valence-electron chi connectivity index (χ2n) is 4.57. The van der Waals surface area contributed by atoms with Crippen LogP contribution in [0.25, 0.3) is 0 Å². The molecule has 0 aliphatic carbocycles. The van der Waals surface area contributed by atoms with Crippen LogP contribution in [-0.2, 0) is 6.42 Å². The van der Waals surface area contributed by atoms with E-state index in [-0.39, 0.29) is 11.9 Å². The molecule has 1 unspecified atom stereocenters. The second kappa shape index (κ2) is 6.15. The van der Waals surface area contributed by atoms with Crippen LogP contribution in [0.1, 0.15) is 22.7 Å². The SMILES string of the molecule is Cc1ccc(CC(NN)c2ccc(F)cc2)c(Cl)c1. The van der Waals surface area contributed by atoms with Gasteiger partial charge < -0.3 is 0 Å². The van der Waals surface area contributed by atoms with Gasteiger partial charge in [-0.25, -0.2) is 4.39 Å². The molecule has 0 saturated heterocycles. The largest absolute Gasteiger partial charge is 0.271 e. The number of hydrogen-bond acceptors (Lipinski definition) is 2. The molecule has 0 aliphatic rings. The molecule has 3 N–H and O–H groups in total. The Morgan fingerprint density at radius 1 is 1.21 bits per heavy atom. The van der Waals surface area contributed by atoms with Crippen molar-refractivity contribution in [3.8, 4) is 0 Å². The van der Waals surface area contributed by atoms with Crippen molar-refractivity contribution in [1.82, 2.24) is 5.43 Å². The highest BCUT2D eigenvalue weighted by Gasteiger charge is 2.12. The van der Waals surface area contributed by atoms with Gasteiger partial charge in [-0.3, -0.25) is 11.3 Å². The first kappa shape index (κ1) is 14.0. The van der Waals surface area contributed by atoms with E-state index in [1.165, 1.54) is 12.1 Å². The minimum Gasteiger partial charge on any atom is -0.271 e. The quantitative estimate of drug-likeness (QED) is 0.663. The summed E-state index contributed by atoms with van der Waals surface area (Å²) in [7, 11) is 0. The van der Waals surface area contributed by atoms with Crippen LogP contribution in [0, 0.1) is 12.7 Å². The first-order chi connectivity index (χ1) is 9.10. The van der Waals surface area contributed by atoms with Crippen molar-refractivity contribution < 1.29 is 4.39 Å². The topological polar surface area (TPSA) is 38.0 Å². The normalized spacial score (nSPS) is 12.4. The van der Waals surface area contributed by atoms with E-state index in [0.29, 0.717) is 6.42 Å². The summed E-state index contributed by atoms with van der Waals surface area (Å²) in [6.45, 7) is 1.99. The van der Waals surface area contributed by atoms with Gasteiger partial charge in [0.25, 0.3) is 0 Å². The third kappa shape index (κ3) is 3.53. The van der Waals surface area contributed by atoms with Crippen molar-refractivity contribution in [2.24, 2.45) is 5.84 Å². The van der Waals surface area contributed by atoms with E-state index in [4.69, 9.17) is 17.4 Å². The predicted molar refractivity (Wildman–Crippen MR) is 76.4 cm³/mol. The molecule has 0 amide bonds. The summed E-state index contributed by atoms with van der Waals surface area (Å²) >= 11 is 6.21. The van der Waals surface area contributed by atoms with Crippen molar-refractivity contribution in [2.75, 3.05) is 0 Å². The van der Waals surface area contributed by atoms with Crippen molar-refractivity contribution in [2.45, 2.75) is 19.4 Å². The van der Waals surface area contributed by atoms with E-state index in [1.807, 2.05) is 25.1 Å². The lowest BCUT2D eigenvalue weighted by atomic mass is 9.98. The molecule has 2 rings (SSSR count). The third-order valence-corrected chi connectivity index (χ3v) is 3.46. The molecule has 2 nitrogen and oxygen atoms in total. The molecule has 0 saturated carbocycles. The summed E-state index contributed by atoms with van der Waals surface area (Å²) in [5.74, 6) is 5.33. The average Bonchev–Trinajstić information content (AvgIpc) is 2.39. The maximum Gasteiger partial charge on any atom is 0.123 e. The highest BCUT2D eigenvalue weighted by molar-refractivity contribution is 6.31. The zero-order valence-corrected chi connectivity index (χ0v) is 11.4. The van der Waals surface area contributed by atoms with Crippen LogP contribution in [-0.4, -0.2) is 0 Å². The molecule has 0 heterocycles. The molecule has 4 heteroatoms. The molecule has 2 aromatic carbocycles. The number of halogens is 2. The van der Waals surface area contributed by atoms with Gasteiger partial charge in [-0.15, -0.1) is 0 Å². The van der Waals surface area contributed by atoms with Crippen molar-refractivity contribution >= 4 is 11.6 Å². The first-order valence-corrected chi connectivity index (χ1v) is 6.44. The van der Waals surface area contributed by atoms with Crippen LogP contribution in [0.5, 0.6) is 0 Å². The number of hydrazine groups is 1. The van der Waals surface area contributed by atoms with E-state index >= 15 is 0 Å². The molecule has 0 fully saturated rings. The molecule has 0 radical (unpaired) electrons.